The molecule has 1 N–H and O–H groups in total. The highest BCUT2D eigenvalue weighted by atomic mass is 35.5. The van der Waals surface area contributed by atoms with E-state index in [-0.39, 0.29) is 12.3 Å². The molecule has 0 atom stereocenters. The number of hydrogen-bond donors (Lipinski definition) is 1. The number of ether oxygens (including phenoxy) is 2. The zero-order chi connectivity index (χ0) is 18.5. The number of pyridine rings is 1. The van der Waals surface area contributed by atoms with Gasteiger partial charge < -0.3 is 14.8 Å². The van der Waals surface area contributed by atoms with Crippen LogP contribution in [0.4, 0.5) is 5.69 Å². The molecule has 2 heterocycles. The number of halogens is 1. The summed E-state index contributed by atoms with van der Waals surface area (Å²) >= 11 is 7.60. The van der Waals surface area contributed by atoms with Crippen molar-refractivity contribution in [3.05, 3.63) is 52.8 Å². The first-order valence-corrected chi connectivity index (χ1v) is 8.92. The normalized spacial score (nSPS) is 10.4. The van der Waals surface area contributed by atoms with E-state index < -0.39 is 0 Å². The second kappa shape index (κ2) is 8.16. The summed E-state index contributed by atoms with van der Waals surface area (Å²) in [5.74, 6) is 0.726. The van der Waals surface area contributed by atoms with E-state index in [9.17, 15) is 4.79 Å². The molecule has 1 amide bonds. The van der Waals surface area contributed by atoms with Gasteiger partial charge in [-0.3, -0.25) is 9.78 Å². The first-order valence-electron chi connectivity index (χ1n) is 7.67. The number of methoxy groups -OCH3 is 2. The van der Waals surface area contributed by atoms with E-state index in [4.69, 9.17) is 21.1 Å². The van der Waals surface area contributed by atoms with Crippen LogP contribution >= 0.6 is 22.9 Å². The van der Waals surface area contributed by atoms with Crippen LogP contribution in [0.3, 0.4) is 0 Å². The molecule has 134 valence electrons. The van der Waals surface area contributed by atoms with E-state index in [0.29, 0.717) is 27.9 Å². The molecule has 0 unspecified atom stereocenters. The average Bonchev–Trinajstić information content (AvgIpc) is 3.11. The summed E-state index contributed by atoms with van der Waals surface area (Å²) in [5, 5.41) is 5.87. The lowest BCUT2D eigenvalue weighted by Gasteiger charge is -2.12. The number of nitrogens with one attached hydrogen (secondary N) is 1. The number of benzene rings is 1. The van der Waals surface area contributed by atoms with Crippen LogP contribution in [0.2, 0.25) is 5.02 Å². The van der Waals surface area contributed by atoms with Gasteiger partial charge >= 0.3 is 0 Å². The van der Waals surface area contributed by atoms with Gasteiger partial charge in [-0.25, -0.2) is 4.98 Å². The number of thiazole rings is 1. The Morgan fingerprint density at radius 3 is 2.77 bits per heavy atom. The molecule has 1 aromatic carbocycles. The van der Waals surface area contributed by atoms with Gasteiger partial charge in [-0.05, 0) is 18.2 Å². The molecule has 0 saturated heterocycles. The fourth-order valence-electron chi connectivity index (χ4n) is 2.33. The van der Waals surface area contributed by atoms with Gasteiger partial charge in [0.1, 0.15) is 16.5 Å². The number of nitrogens with zero attached hydrogens (tertiary/aromatic N) is 2. The predicted molar refractivity (Wildman–Crippen MR) is 102 cm³/mol. The lowest BCUT2D eigenvalue weighted by Crippen LogP contribution is -2.15. The van der Waals surface area contributed by atoms with E-state index in [1.807, 2.05) is 17.5 Å². The van der Waals surface area contributed by atoms with Crippen molar-refractivity contribution >= 4 is 34.5 Å². The SMILES string of the molecule is COc1cc(OC)c(NC(=O)Cc2csc(-c3cccnc3)n2)cc1Cl. The second-order valence-electron chi connectivity index (χ2n) is 5.30. The van der Waals surface area contributed by atoms with Crippen molar-refractivity contribution in [3.8, 4) is 22.1 Å². The van der Waals surface area contributed by atoms with Gasteiger partial charge in [0.15, 0.2) is 0 Å². The molecule has 8 heteroatoms. The van der Waals surface area contributed by atoms with Crippen molar-refractivity contribution in [2.45, 2.75) is 6.42 Å². The number of hydrogen-bond acceptors (Lipinski definition) is 6. The van der Waals surface area contributed by atoms with Gasteiger partial charge in [-0.1, -0.05) is 11.6 Å². The Morgan fingerprint density at radius 1 is 1.27 bits per heavy atom. The van der Waals surface area contributed by atoms with Crippen molar-refractivity contribution in [1.29, 1.82) is 0 Å². The molecule has 26 heavy (non-hydrogen) atoms. The lowest BCUT2D eigenvalue weighted by atomic mass is 10.2. The molecule has 0 saturated carbocycles. The van der Waals surface area contributed by atoms with E-state index >= 15 is 0 Å². The number of rotatable bonds is 6. The summed E-state index contributed by atoms with van der Waals surface area (Å²) in [5.41, 5.74) is 2.09. The number of carbonyl (C=O) groups is 1. The fourth-order valence-corrected chi connectivity index (χ4v) is 3.38. The van der Waals surface area contributed by atoms with E-state index in [1.54, 1.807) is 24.5 Å². The van der Waals surface area contributed by atoms with Crippen LogP contribution in [0.5, 0.6) is 11.5 Å². The Balaban J connectivity index is 1.72. The van der Waals surface area contributed by atoms with Gasteiger partial charge in [0, 0.05) is 29.4 Å². The monoisotopic (exact) mass is 389 g/mol. The molecule has 0 fully saturated rings. The molecule has 0 spiro atoms. The molecular weight excluding hydrogens is 374 g/mol. The largest absolute Gasteiger partial charge is 0.495 e. The molecule has 0 aliphatic carbocycles. The molecule has 3 rings (SSSR count). The van der Waals surface area contributed by atoms with Crippen LogP contribution in [-0.4, -0.2) is 30.1 Å². The van der Waals surface area contributed by atoms with Crippen LogP contribution in [0.25, 0.3) is 10.6 Å². The van der Waals surface area contributed by atoms with Crippen molar-refractivity contribution in [1.82, 2.24) is 9.97 Å². The summed E-state index contributed by atoms with van der Waals surface area (Å²) in [7, 11) is 3.03. The van der Waals surface area contributed by atoms with Crippen LogP contribution in [-0.2, 0) is 11.2 Å². The van der Waals surface area contributed by atoms with Crippen LogP contribution < -0.4 is 14.8 Å². The maximum absolute atomic E-state index is 12.4. The summed E-state index contributed by atoms with van der Waals surface area (Å²) < 4.78 is 10.4. The number of carbonyl (C=O) groups excluding carboxylic acids is 1. The maximum Gasteiger partial charge on any atom is 0.230 e. The fraction of sp³-hybridized carbons (Fsp3) is 0.167. The molecule has 2 aromatic heterocycles. The first-order chi connectivity index (χ1) is 12.6. The molecular formula is C18H16ClN3O3S. The Morgan fingerprint density at radius 2 is 2.08 bits per heavy atom. The zero-order valence-electron chi connectivity index (χ0n) is 14.2. The summed E-state index contributed by atoms with van der Waals surface area (Å²) in [6.07, 6.45) is 3.59. The Labute approximate surface area is 159 Å². The minimum absolute atomic E-state index is 0.142. The van der Waals surface area contributed by atoms with Crippen molar-refractivity contribution in [2.75, 3.05) is 19.5 Å². The van der Waals surface area contributed by atoms with Crippen molar-refractivity contribution in [3.63, 3.8) is 0 Å². The van der Waals surface area contributed by atoms with Gasteiger partial charge in [-0.2, -0.15) is 0 Å². The molecule has 0 aliphatic rings. The van der Waals surface area contributed by atoms with Crippen LogP contribution in [0, 0.1) is 0 Å². The highest BCUT2D eigenvalue weighted by Crippen LogP contribution is 2.36. The van der Waals surface area contributed by atoms with Crippen LogP contribution in [0.1, 0.15) is 5.69 Å². The highest BCUT2D eigenvalue weighted by Gasteiger charge is 2.14. The van der Waals surface area contributed by atoms with E-state index in [2.05, 4.69) is 15.3 Å². The van der Waals surface area contributed by atoms with Crippen LogP contribution in [0.15, 0.2) is 42.0 Å². The third-order valence-corrected chi connectivity index (χ3v) is 4.79. The summed E-state index contributed by atoms with van der Waals surface area (Å²) in [6, 6.07) is 7.00. The molecule has 0 radical (unpaired) electrons. The summed E-state index contributed by atoms with van der Waals surface area (Å²) in [6.45, 7) is 0. The highest BCUT2D eigenvalue weighted by molar-refractivity contribution is 7.13. The topological polar surface area (TPSA) is 73.3 Å². The Hall–Kier alpha value is -2.64. The first kappa shape index (κ1) is 18.2. The van der Waals surface area contributed by atoms with Gasteiger partial charge in [-0.15, -0.1) is 11.3 Å². The van der Waals surface area contributed by atoms with Crippen molar-refractivity contribution in [2.24, 2.45) is 0 Å². The predicted octanol–water partition coefficient (Wildman–Crippen LogP) is 4.06. The number of amides is 1. The standard InChI is InChI=1S/C18H16ClN3O3S/c1-24-15-8-16(25-2)14(7-13(15)19)22-17(23)6-12-10-26-18(21-12)11-4-3-5-20-9-11/h3-5,7-10H,6H2,1-2H3,(H,22,23). The van der Waals surface area contributed by atoms with E-state index in [1.165, 1.54) is 25.6 Å². The van der Waals surface area contributed by atoms with Gasteiger partial charge in [0.05, 0.1) is 37.0 Å². The average molecular weight is 390 g/mol. The number of aromatic nitrogens is 2. The Bertz CT molecular complexity index is 915. The molecule has 3 aromatic rings. The second-order valence-corrected chi connectivity index (χ2v) is 6.56. The Kier molecular flexibility index (Phi) is 5.70. The lowest BCUT2D eigenvalue weighted by molar-refractivity contribution is -0.115. The van der Waals surface area contributed by atoms with E-state index in [0.717, 1.165) is 10.6 Å². The molecule has 6 nitrogen and oxygen atoms in total. The minimum atomic E-state index is -0.215. The molecule has 0 bridgehead atoms. The minimum Gasteiger partial charge on any atom is -0.495 e. The zero-order valence-corrected chi connectivity index (χ0v) is 15.7. The smallest absolute Gasteiger partial charge is 0.230 e. The number of anilines is 1. The quantitative estimate of drug-likeness (QED) is 0.688. The molecule has 0 aliphatic heterocycles. The van der Waals surface area contributed by atoms with Gasteiger partial charge in [0.25, 0.3) is 0 Å². The van der Waals surface area contributed by atoms with Crippen molar-refractivity contribution < 1.29 is 14.3 Å². The third-order valence-electron chi connectivity index (χ3n) is 3.55. The van der Waals surface area contributed by atoms with Gasteiger partial charge in [0.2, 0.25) is 5.91 Å². The summed E-state index contributed by atoms with van der Waals surface area (Å²) in [4.78, 5) is 20.9. The third kappa shape index (κ3) is 4.12. The maximum atomic E-state index is 12.4.